The first-order chi connectivity index (χ1) is 19.2. The third-order valence-electron chi connectivity index (χ3n) is 6.71. The Hall–Kier alpha value is -4.72. The number of aryl methyl sites for hydroxylation is 2. The number of para-hydroxylation sites is 3. The van der Waals surface area contributed by atoms with Crippen LogP contribution in [0.4, 0.5) is 0 Å². The second-order valence-electron chi connectivity index (χ2n) is 9.68. The third-order valence-corrected chi connectivity index (χ3v) is 6.71. The number of rotatable bonds is 11. The molecule has 196 valence electrons. The molecule has 0 spiro atoms. The molecule has 0 radical (unpaired) electrons. The summed E-state index contributed by atoms with van der Waals surface area (Å²) in [4.78, 5) is 8.30. The molecule has 6 rings (SSSR count). The fourth-order valence-electron chi connectivity index (χ4n) is 4.69. The highest BCUT2D eigenvalue weighted by Gasteiger charge is 2.17. The van der Waals surface area contributed by atoms with Crippen LogP contribution in [-0.2, 0) is 6.54 Å². The maximum Gasteiger partial charge on any atom is 0.142 e. The van der Waals surface area contributed by atoms with Crippen molar-refractivity contribution < 1.29 is 4.74 Å². The number of ether oxygens (including phenoxy) is 1. The lowest BCUT2D eigenvalue weighted by Crippen LogP contribution is -2.00. The second kappa shape index (κ2) is 11.3. The molecule has 0 aliphatic carbocycles. The SMILES string of the molecule is Cc1cn(CCCCCCOc2ccc(-c3nn(-c4ccccc4)cc3-c3nc4ccccc4[nH]3)cc2)nn1. The third kappa shape index (κ3) is 5.75. The van der Waals surface area contributed by atoms with Crippen LogP contribution in [0.2, 0.25) is 0 Å². The van der Waals surface area contributed by atoms with Crippen LogP contribution in [0.15, 0.2) is 91.3 Å². The maximum atomic E-state index is 6.02. The van der Waals surface area contributed by atoms with E-state index in [9.17, 15) is 0 Å². The molecule has 0 atom stereocenters. The van der Waals surface area contributed by atoms with Gasteiger partial charge in [-0.1, -0.05) is 42.0 Å². The molecule has 3 aromatic carbocycles. The Kier molecular flexibility index (Phi) is 7.16. The minimum absolute atomic E-state index is 0.703. The summed E-state index contributed by atoms with van der Waals surface area (Å²) in [5.41, 5.74) is 6.72. The van der Waals surface area contributed by atoms with Crippen LogP contribution >= 0.6 is 0 Å². The molecule has 6 aromatic rings. The Bertz CT molecular complexity index is 1610. The average Bonchev–Trinajstić information content (AvgIpc) is 3.71. The summed E-state index contributed by atoms with van der Waals surface area (Å²) in [5, 5.41) is 13.1. The number of hydrogen-bond donors (Lipinski definition) is 1. The summed E-state index contributed by atoms with van der Waals surface area (Å²) < 4.78 is 9.84. The van der Waals surface area contributed by atoms with Crippen LogP contribution in [0, 0.1) is 6.92 Å². The minimum Gasteiger partial charge on any atom is -0.494 e. The van der Waals surface area contributed by atoms with Gasteiger partial charge in [-0.2, -0.15) is 5.10 Å². The maximum absolute atomic E-state index is 6.02. The highest BCUT2D eigenvalue weighted by atomic mass is 16.5. The van der Waals surface area contributed by atoms with Crippen molar-refractivity contribution in [2.45, 2.75) is 39.2 Å². The molecule has 8 heteroatoms. The zero-order valence-corrected chi connectivity index (χ0v) is 22.0. The normalized spacial score (nSPS) is 11.3. The molecule has 3 heterocycles. The minimum atomic E-state index is 0.703. The van der Waals surface area contributed by atoms with Crippen LogP contribution in [-0.4, -0.2) is 41.3 Å². The van der Waals surface area contributed by atoms with E-state index in [-0.39, 0.29) is 0 Å². The number of unbranched alkanes of at least 4 members (excludes halogenated alkanes) is 3. The lowest BCUT2D eigenvalue weighted by Gasteiger charge is -2.07. The Labute approximate surface area is 227 Å². The van der Waals surface area contributed by atoms with Crippen molar-refractivity contribution in [2.75, 3.05) is 6.61 Å². The van der Waals surface area contributed by atoms with E-state index >= 15 is 0 Å². The molecule has 0 aliphatic rings. The second-order valence-corrected chi connectivity index (χ2v) is 9.68. The predicted octanol–water partition coefficient (Wildman–Crippen LogP) is 6.62. The summed E-state index contributed by atoms with van der Waals surface area (Å²) in [6.45, 7) is 3.58. The first-order valence-electron chi connectivity index (χ1n) is 13.4. The van der Waals surface area contributed by atoms with Crippen molar-refractivity contribution in [3.63, 3.8) is 0 Å². The van der Waals surface area contributed by atoms with Gasteiger partial charge in [-0.3, -0.25) is 4.68 Å². The van der Waals surface area contributed by atoms with E-state index in [4.69, 9.17) is 14.8 Å². The van der Waals surface area contributed by atoms with E-state index in [0.29, 0.717) is 6.61 Å². The molecule has 0 fully saturated rings. The fourth-order valence-corrected chi connectivity index (χ4v) is 4.69. The number of H-pyrrole nitrogens is 1. The van der Waals surface area contributed by atoms with Crippen LogP contribution in [0.25, 0.3) is 39.4 Å². The summed E-state index contributed by atoms with van der Waals surface area (Å²) in [7, 11) is 0. The Balaban J connectivity index is 1.12. The van der Waals surface area contributed by atoms with Crippen LogP contribution in [0.1, 0.15) is 31.4 Å². The highest BCUT2D eigenvalue weighted by Crippen LogP contribution is 2.32. The van der Waals surface area contributed by atoms with Crippen LogP contribution < -0.4 is 4.74 Å². The van der Waals surface area contributed by atoms with Gasteiger partial charge in [-0.05, 0) is 74.7 Å². The lowest BCUT2D eigenvalue weighted by atomic mass is 10.1. The van der Waals surface area contributed by atoms with Crippen molar-refractivity contribution >= 4 is 11.0 Å². The summed E-state index contributed by atoms with van der Waals surface area (Å²) in [5.74, 6) is 1.66. The van der Waals surface area contributed by atoms with E-state index in [2.05, 4.69) is 27.4 Å². The molecule has 39 heavy (non-hydrogen) atoms. The van der Waals surface area contributed by atoms with Gasteiger partial charge in [0.05, 0.1) is 34.6 Å². The highest BCUT2D eigenvalue weighted by molar-refractivity contribution is 5.84. The molecule has 0 unspecified atom stereocenters. The van der Waals surface area contributed by atoms with E-state index in [1.54, 1.807) is 0 Å². The number of nitrogens with zero attached hydrogens (tertiary/aromatic N) is 6. The van der Waals surface area contributed by atoms with Crippen molar-refractivity contribution in [2.24, 2.45) is 0 Å². The monoisotopic (exact) mass is 517 g/mol. The van der Waals surface area contributed by atoms with E-state index in [0.717, 1.165) is 83.0 Å². The zero-order chi connectivity index (χ0) is 26.4. The summed E-state index contributed by atoms with van der Waals surface area (Å²) in [6, 6.07) is 26.4. The van der Waals surface area contributed by atoms with E-state index in [1.165, 1.54) is 0 Å². The number of hydrogen-bond acceptors (Lipinski definition) is 5. The lowest BCUT2D eigenvalue weighted by molar-refractivity contribution is 0.304. The summed E-state index contributed by atoms with van der Waals surface area (Å²) in [6.07, 6.45) is 8.42. The fraction of sp³-hybridized carbons (Fsp3) is 0.226. The first-order valence-corrected chi connectivity index (χ1v) is 13.4. The molecular formula is C31H31N7O. The van der Waals surface area contributed by atoms with Gasteiger partial charge in [-0.25, -0.2) is 9.67 Å². The van der Waals surface area contributed by atoms with Gasteiger partial charge in [-0.15, -0.1) is 5.10 Å². The van der Waals surface area contributed by atoms with Gasteiger partial charge >= 0.3 is 0 Å². The smallest absolute Gasteiger partial charge is 0.142 e. The molecule has 1 N–H and O–H groups in total. The van der Waals surface area contributed by atoms with Crippen molar-refractivity contribution in [3.8, 4) is 34.1 Å². The molecular weight excluding hydrogens is 486 g/mol. The Morgan fingerprint density at radius 3 is 2.41 bits per heavy atom. The Morgan fingerprint density at radius 1 is 0.821 bits per heavy atom. The molecule has 0 bridgehead atoms. The van der Waals surface area contributed by atoms with Crippen LogP contribution in [0.5, 0.6) is 5.75 Å². The largest absolute Gasteiger partial charge is 0.494 e. The van der Waals surface area contributed by atoms with Crippen molar-refractivity contribution in [1.29, 1.82) is 0 Å². The van der Waals surface area contributed by atoms with Crippen LogP contribution in [0.3, 0.4) is 0 Å². The molecule has 8 nitrogen and oxygen atoms in total. The quantitative estimate of drug-likeness (QED) is 0.195. The van der Waals surface area contributed by atoms with Crippen molar-refractivity contribution in [1.82, 2.24) is 34.7 Å². The molecule has 0 saturated carbocycles. The number of benzene rings is 3. The van der Waals surface area contributed by atoms with Gasteiger partial charge < -0.3 is 9.72 Å². The number of aromatic nitrogens is 7. The van der Waals surface area contributed by atoms with Gasteiger partial charge in [0, 0.05) is 24.5 Å². The van der Waals surface area contributed by atoms with E-state index in [1.807, 2.05) is 95.4 Å². The van der Waals surface area contributed by atoms with Crippen molar-refractivity contribution in [3.05, 3.63) is 97.0 Å². The molecule has 3 aromatic heterocycles. The number of fused-ring (bicyclic) bond motifs is 1. The number of imidazole rings is 1. The summed E-state index contributed by atoms with van der Waals surface area (Å²) >= 11 is 0. The average molecular weight is 518 g/mol. The standard InChI is InChI=1S/C31H31N7O/c1-23-21-37(36-34-23)19-9-2-3-10-20-39-26-17-15-24(16-18-26)30-27(22-38(35-30)25-11-5-4-6-12-25)31-32-28-13-7-8-14-29(28)33-31/h4-8,11-18,21-22H,2-3,9-10,19-20H2,1H3,(H,32,33). The molecule has 0 saturated heterocycles. The first kappa shape index (κ1) is 24.6. The molecule has 0 aliphatic heterocycles. The van der Waals surface area contributed by atoms with Gasteiger partial charge in [0.25, 0.3) is 0 Å². The topological polar surface area (TPSA) is 86.4 Å². The Morgan fingerprint density at radius 2 is 1.62 bits per heavy atom. The van der Waals surface area contributed by atoms with Gasteiger partial charge in [0.1, 0.15) is 17.3 Å². The number of nitrogens with one attached hydrogen (secondary N) is 1. The zero-order valence-electron chi connectivity index (χ0n) is 22.0. The van der Waals surface area contributed by atoms with Gasteiger partial charge in [0.2, 0.25) is 0 Å². The molecule has 0 amide bonds. The number of aromatic amines is 1. The predicted molar refractivity (Wildman–Crippen MR) is 153 cm³/mol. The van der Waals surface area contributed by atoms with E-state index < -0.39 is 0 Å². The van der Waals surface area contributed by atoms with Gasteiger partial charge in [0.15, 0.2) is 0 Å².